The highest BCUT2D eigenvalue weighted by Crippen LogP contribution is 2.29. The third kappa shape index (κ3) is 2.03. The molecule has 0 bridgehead atoms. The van der Waals surface area contributed by atoms with Gasteiger partial charge in [0.2, 0.25) is 0 Å². The molecule has 0 aliphatic heterocycles. The van der Waals surface area contributed by atoms with Gasteiger partial charge >= 0.3 is 0 Å². The molecule has 98 valence electrons. The van der Waals surface area contributed by atoms with Gasteiger partial charge in [0, 0.05) is 29.4 Å². The van der Waals surface area contributed by atoms with E-state index in [1.54, 1.807) is 12.4 Å². The quantitative estimate of drug-likeness (QED) is 0.568. The molecule has 0 aliphatic carbocycles. The maximum atomic E-state index is 10.9. The van der Waals surface area contributed by atoms with Crippen LogP contribution in [-0.4, -0.2) is 14.9 Å². The number of nitro groups is 1. The van der Waals surface area contributed by atoms with Gasteiger partial charge < -0.3 is 5.73 Å². The lowest BCUT2D eigenvalue weighted by molar-refractivity contribution is -0.384. The van der Waals surface area contributed by atoms with Gasteiger partial charge in [-0.1, -0.05) is 24.3 Å². The van der Waals surface area contributed by atoms with Crippen molar-refractivity contribution in [3.05, 3.63) is 58.9 Å². The third-order valence-corrected chi connectivity index (χ3v) is 2.98. The van der Waals surface area contributed by atoms with Gasteiger partial charge in [-0.2, -0.15) is 0 Å². The molecule has 20 heavy (non-hydrogen) atoms. The van der Waals surface area contributed by atoms with Crippen molar-refractivity contribution in [2.45, 2.75) is 0 Å². The zero-order chi connectivity index (χ0) is 14.1. The van der Waals surface area contributed by atoms with E-state index in [0.717, 1.165) is 16.3 Å². The van der Waals surface area contributed by atoms with E-state index >= 15 is 0 Å². The first kappa shape index (κ1) is 12.0. The Morgan fingerprint density at radius 2 is 1.95 bits per heavy atom. The molecule has 6 heteroatoms. The van der Waals surface area contributed by atoms with E-state index in [1.165, 1.54) is 12.1 Å². The van der Waals surface area contributed by atoms with E-state index in [4.69, 9.17) is 5.73 Å². The number of anilines is 1. The molecule has 3 aromatic rings. The van der Waals surface area contributed by atoms with Gasteiger partial charge in [-0.05, 0) is 5.39 Å². The van der Waals surface area contributed by atoms with Gasteiger partial charge in [-0.3, -0.25) is 15.1 Å². The number of nitrogens with two attached hydrogens (primary N) is 1. The second-order valence-electron chi connectivity index (χ2n) is 4.30. The van der Waals surface area contributed by atoms with Gasteiger partial charge in [-0.15, -0.1) is 0 Å². The minimum absolute atomic E-state index is 0.0829. The summed E-state index contributed by atoms with van der Waals surface area (Å²) in [5, 5.41) is 12.8. The lowest BCUT2D eigenvalue weighted by atomic mass is 10.0. The van der Waals surface area contributed by atoms with Crippen LogP contribution in [-0.2, 0) is 0 Å². The van der Waals surface area contributed by atoms with Gasteiger partial charge in [0.15, 0.2) is 0 Å². The Kier molecular flexibility index (Phi) is 2.76. The number of fused-ring (bicyclic) bond motifs is 1. The van der Waals surface area contributed by atoms with E-state index < -0.39 is 4.92 Å². The Labute approximate surface area is 114 Å². The van der Waals surface area contributed by atoms with Crippen molar-refractivity contribution in [1.82, 2.24) is 9.97 Å². The molecule has 0 spiro atoms. The van der Waals surface area contributed by atoms with Crippen LogP contribution in [0.4, 0.5) is 11.5 Å². The van der Waals surface area contributed by atoms with Crippen molar-refractivity contribution in [3.8, 4) is 11.3 Å². The predicted octanol–water partition coefficient (Wildman–Crippen LogP) is 2.79. The Morgan fingerprint density at radius 1 is 1.15 bits per heavy atom. The van der Waals surface area contributed by atoms with Crippen molar-refractivity contribution in [2.75, 3.05) is 5.73 Å². The van der Waals surface area contributed by atoms with Crippen LogP contribution in [0.3, 0.4) is 0 Å². The second kappa shape index (κ2) is 4.58. The first-order valence-corrected chi connectivity index (χ1v) is 5.90. The Hall–Kier alpha value is -3.02. The highest BCUT2D eigenvalue weighted by Gasteiger charge is 2.13. The first-order valence-electron chi connectivity index (χ1n) is 5.90. The van der Waals surface area contributed by atoms with E-state index in [2.05, 4.69) is 9.97 Å². The molecule has 0 atom stereocenters. The molecule has 3 rings (SSSR count). The summed E-state index contributed by atoms with van der Waals surface area (Å²) >= 11 is 0. The topological polar surface area (TPSA) is 94.9 Å². The van der Waals surface area contributed by atoms with Crippen molar-refractivity contribution in [1.29, 1.82) is 0 Å². The number of pyridine rings is 2. The summed E-state index contributed by atoms with van der Waals surface area (Å²) in [5.74, 6) is 0.113. The number of aromatic nitrogens is 2. The van der Waals surface area contributed by atoms with Crippen LogP contribution in [0.15, 0.2) is 48.8 Å². The van der Waals surface area contributed by atoms with Crippen molar-refractivity contribution in [2.24, 2.45) is 0 Å². The second-order valence-corrected chi connectivity index (χ2v) is 4.30. The van der Waals surface area contributed by atoms with Crippen LogP contribution in [0.1, 0.15) is 0 Å². The number of hydrogen-bond acceptors (Lipinski definition) is 5. The zero-order valence-corrected chi connectivity index (χ0v) is 10.4. The Bertz CT molecular complexity index is 812. The molecule has 0 saturated heterocycles. The number of nitrogen functional groups attached to an aromatic ring is 1. The average molecular weight is 266 g/mol. The fourth-order valence-electron chi connectivity index (χ4n) is 2.10. The largest absolute Gasteiger partial charge is 0.383 e. The Balaban J connectivity index is 2.28. The smallest absolute Gasteiger partial charge is 0.275 e. The van der Waals surface area contributed by atoms with Gasteiger partial charge in [-0.25, -0.2) is 4.98 Å². The van der Waals surface area contributed by atoms with Gasteiger partial charge in [0.1, 0.15) is 5.82 Å². The maximum Gasteiger partial charge on any atom is 0.275 e. The van der Waals surface area contributed by atoms with Crippen LogP contribution in [0.2, 0.25) is 0 Å². The standard InChI is InChI=1S/C14H10N4O2/c15-14-6-10(18(19)20)5-13(17-14)12-8-16-7-9-3-1-2-4-11(9)12/h1-8H,(H2,15,17). The molecule has 2 heterocycles. The average Bonchev–Trinajstić information content (AvgIpc) is 2.46. The zero-order valence-electron chi connectivity index (χ0n) is 10.4. The summed E-state index contributed by atoms with van der Waals surface area (Å²) in [7, 11) is 0. The lowest BCUT2D eigenvalue weighted by Crippen LogP contribution is -1.97. The van der Waals surface area contributed by atoms with E-state index in [0.29, 0.717) is 5.69 Å². The summed E-state index contributed by atoms with van der Waals surface area (Å²) in [6, 6.07) is 10.3. The van der Waals surface area contributed by atoms with Crippen LogP contribution in [0.5, 0.6) is 0 Å². The summed E-state index contributed by atoms with van der Waals surface area (Å²) in [6.07, 6.45) is 3.37. The highest BCUT2D eigenvalue weighted by molar-refractivity contribution is 5.95. The van der Waals surface area contributed by atoms with Crippen LogP contribution in [0.25, 0.3) is 22.0 Å². The fourth-order valence-corrected chi connectivity index (χ4v) is 2.10. The van der Waals surface area contributed by atoms with E-state index in [9.17, 15) is 10.1 Å². The number of hydrogen-bond donors (Lipinski definition) is 1. The molecule has 0 fully saturated rings. The van der Waals surface area contributed by atoms with Gasteiger partial charge in [0.05, 0.1) is 16.7 Å². The predicted molar refractivity (Wildman–Crippen MR) is 76.0 cm³/mol. The molecular weight excluding hydrogens is 256 g/mol. The molecule has 0 unspecified atom stereocenters. The molecule has 2 aromatic heterocycles. The van der Waals surface area contributed by atoms with Crippen molar-refractivity contribution >= 4 is 22.3 Å². The molecule has 0 radical (unpaired) electrons. The highest BCUT2D eigenvalue weighted by atomic mass is 16.6. The number of nitrogens with zero attached hydrogens (tertiary/aromatic N) is 3. The summed E-state index contributed by atoms with van der Waals surface area (Å²) < 4.78 is 0. The Morgan fingerprint density at radius 3 is 2.75 bits per heavy atom. The van der Waals surface area contributed by atoms with Gasteiger partial charge in [0.25, 0.3) is 5.69 Å². The van der Waals surface area contributed by atoms with E-state index in [1.807, 2.05) is 24.3 Å². The van der Waals surface area contributed by atoms with Crippen LogP contribution in [0, 0.1) is 10.1 Å². The molecule has 6 nitrogen and oxygen atoms in total. The maximum absolute atomic E-state index is 10.9. The monoisotopic (exact) mass is 266 g/mol. The SMILES string of the molecule is Nc1cc([N+](=O)[O-])cc(-c2cncc3ccccc23)n1. The summed E-state index contributed by atoms with van der Waals surface area (Å²) in [6.45, 7) is 0. The molecule has 0 aliphatic rings. The normalized spacial score (nSPS) is 10.6. The number of rotatable bonds is 2. The molecule has 1 aromatic carbocycles. The van der Waals surface area contributed by atoms with Crippen LogP contribution >= 0.6 is 0 Å². The van der Waals surface area contributed by atoms with Crippen LogP contribution < -0.4 is 5.73 Å². The fraction of sp³-hybridized carbons (Fsp3) is 0. The van der Waals surface area contributed by atoms with Crippen molar-refractivity contribution < 1.29 is 4.92 Å². The lowest BCUT2D eigenvalue weighted by Gasteiger charge is -2.06. The molecule has 0 saturated carbocycles. The molecular formula is C14H10N4O2. The first-order chi connectivity index (χ1) is 9.65. The summed E-state index contributed by atoms with van der Waals surface area (Å²) in [4.78, 5) is 18.7. The molecule has 2 N–H and O–H groups in total. The van der Waals surface area contributed by atoms with Crippen molar-refractivity contribution in [3.63, 3.8) is 0 Å². The minimum atomic E-state index is -0.486. The molecule has 0 amide bonds. The third-order valence-electron chi connectivity index (χ3n) is 2.98. The van der Waals surface area contributed by atoms with E-state index in [-0.39, 0.29) is 11.5 Å². The minimum Gasteiger partial charge on any atom is -0.383 e. The summed E-state index contributed by atoms with van der Waals surface area (Å²) in [5.41, 5.74) is 6.73. The number of benzene rings is 1.